The second-order valence-electron chi connectivity index (χ2n) is 12.7. The SMILES string of the molecule is C=CC(C=N)(CC)C(NC(=O)c1cc2ccccc2[nH]1)C(=O)N1CC2CC1(C)CN2C(=O)c1cc(CC)c(-c2ccccc2)cn1. The number of pyridine rings is 1. The molecule has 2 saturated heterocycles. The second-order valence-corrected chi connectivity index (χ2v) is 12.7. The van der Waals surface area contributed by atoms with Crippen LogP contribution in [0.1, 0.15) is 60.2 Å². The number of fused-ring (bicyclic) bond motifs is 3. The van der Waals surface area contributed by atoms with Gasteiger partial charge >= 0.3 is 0 Å². The van der Waals surface area contributed by atoms with Crippen LogP contribution in [0.4, 0.5) is 0 Å². The highest BCUT2D eigenvalue weighted by molar-refractivity contribution is 6.02. The zero-order valence-corrected chi connectivity index (χ0v) is 26.5. The van der Waals surface area contributed by atoms with E-state index in [2.05, 4.69) is 28.8 Å². The van der Waals surface area contributed by atoms with Crippen molar-refractivity contribution in [3.8, 4) is 11.1 Å². The van der Waals surface area contributed by atoms with Gasteiger partial charge in [-0.15, -0.1) is 6.58 Å². The first kappa shape index (κ1) is 31.0. The molecular formula is C37H40N6O3. The lowest BCUT2D eigenvalue weighted by Crippen LogP contribution is -2.63. The largest absolute Gasteiger partial charge is 0.351 e. The Labute approximate surface area is 269 Å². The number of H-pyrrole nitrogens is 1. The number of aryl methyl sites for hydroxylation is 1. The number of nitrogens with zero attached hydrogens (tertiary/aromatic N) is 3. The third-order valence-electron chi connectivity index (χ3n) is 9.97. The van der Waals surface area contributed by atoms with Crippen molar-refractivity contribution in [3.63, 3.8) is 0 Å². The number of hydrogen-bond acceptors (Lipinski definition) is 5. The number of aromatic amines is 1. The third-order valence-corrected chi connectivity index (χ3v) is 9.97. The van der Waals surface area contributed by atoms with E-state index in [1.54, 1.807) is 23.2 Å². The summed E-state index contributed by atoms with van der Waals surface area (Å²) in [6.45, 7) is 10.6. The molecule has 9 nitrogen and oxygen atoms in total. The Hall–Kier alpha value is -5.05. The van der Waals surface area contributed by atoms with Gasteiger partial charge in [-0.05, 0) is 55.5 Å². The molecule has 3 amide bonds. The van der Waals surface area contributed by atoms with Crippen molar-refractivity contribution in [2.75, 3.05) is 13.1 Å². The molecule has 4 heterocycles. The van der Waals surface area contributed by atoms with Gasteiger partial charge in [-0.3, -0.25) is 19.4 Å². The van der Waals surface area contributed by atoms with E-state index in [1.807, 2.05) is 79.4 Å². The van der Waals surface area contributed by atoms with Gasteiger partial charge in [0.25, 0.3) is 11.8 Å². The van der Waals surface area contributed by atoms with Crippen LogP contribution >= 0.6 is 0 Å². The first-order valence-corrected chi connectivity index (χ1v) is 15.9. The quantitative estimate of drug-likeness (QED) is 0.158. The van der Waals surface area contributed by atoms with Crippen LogP contribution in [-0.4, -0.2) is 74.4 Å². The monoisotopic (exact) mass is 616 g/mol. The average molecular weight is 617 g/mol. The van der Waals surface area contributed by atoms with Gasteiger partial charge in [-0.1, -0.05) is 68.5 Å². The highest BCUT2D eigenvalue weighted by Gasteiger charge is 2.57. The number of nitrogens with one attached hydrogen (secondary N) is 3. The predicted octanol–water partition coefficient (Wildman–Crippen LogP) is 5.64. The van der Waals surface area contributed by atoms with Gasteiger partial charge in [0.05, 0.1) is 17.0 Å². The molecule has 236 valence electrons. The third kappa shape index (κ3) is 5.19. The Morgan fingerprint density at radius 2 is 1.89 bits per heavy atom. The summed E-state index contributed by atoms with van der Waals surface area (Å²) in [6.07, 6.45) is 6.34. The summed E-state index contributed by atoms with van der Waals surface area (Å²) in [7, 11) is 0. The summed E-state index contributed by atoms with van der Waals surface area (Å²) in [4.78, 5) is 53.2. The topological polar surface area (TPSA) is 122 Å². The molecule has 0 aliphatic carbocycles. The zero-order chi connectivity index (χ0) is 32.6. The van der Waals surface area contributed by atoms with Crippen molar-refractivity contribution in [3.05, 3.63) is 103 Å². The minimum absolute atomic E-state index is 0.146. The van der Waals surface area contributed by atoms with E-state index < -0.39 is 22.9 Å². The van der Waals surface area contributed by atoms with Crippen LogP contribution in [0, 0.1) is 10.8 Å². The lowest BCUT2D eigenvalue weighted by Gasteiger charge is -2.44. The molecule has 46 heavy (non-hydrogen) atoms. The van der Waals surface area contributed by atoms with Crippen LogP contribution in [-0.2, 0) is 11.2 Å². The van der Waals surface area contributed by atoms with E-state index in [9.17, 15) is 14.4 Å². The van der Waals surface area contributed by atoms with Crippen LogP contribution in [0.15, 0.2) is 85.6 Å². The maximum absolute atomic E-state index is 14.4. The number of amides is 3. The molecule has 0 saturated carbocycles. The first-order chi connectivity index (χ1) is 22.2. The summed E-state index contributed by atoms with van der Waals surface area (Å²) in [5.41, 5.74) is 2.95. The maximum atomic E-state index is 14.4. The molecule has 2 aromatic carbocycles. The Bertz CT molecular complexity index is 1790. The normalized spacial score (nSPS) is 20.7. The summed E-state index contributed by atoms with van der Waals surface area (Å²) >= 11 is 0. The molecule has 4 aromatic rings. The second kappa shape index (κ2) is 12.0. The molecule has 3 N–H and O–H groups in total. The Morgan fingerprint density at radius 1 is 1.15 bits per heavy atom. The van der Waals surface area contributed by atoms with Crippen LogP contribution in [0.5, 0.6) is 0 Å². The van der Waals surface area contributed by atoms with Gasteiger partial charge in [-0.25, -0.2) is 0 Å². The standard InChI is InChI=1S/C37H40N6O3/c1-5-24-17-31(39-20-28(24)25-13-9-8-10-14-25)34(45)42-23-36(4)19-27(42)21-43(36)35(46)32(37(6-2,7-3)22-38)41-33(44)30-18-26-15-11-12-16-29(26)40-30/h6,8-18,20,22,27,32,38,40H,2,5,7,19,21,23H2,1,3-4H3,(H,41,44). The van der Waals surface area contributed by atoms with E-state index in [4.69, 9.17) is 5.41 Å². The molecule has 0 spiro atoms. The minimum atomic E-state index is -1.09. The number of carbonyl (C=O) groups excluding carboxylic acids is 3. The fraction of sp³-hybridized carbons (Fsp3) is 0.324. The summed E-state index contributed by atoms with van der Waals surface area (Å²) in [6, 6.07) is 20.0. The van der Waals surface area contributed by atoms with Crippen molar-refractivity contribution < 1.29 is 14.4 Å². The minimum Gasteiger partial charge on any atom is -0.351 e. The zero-order valence-electron chi connectivity index (χ0n) is 26.5. The molecular weight excluding hydrogens is 576 g/mol. The van der Waals surface area contributed by atoms with Crippen molar-refractivity contribution in [2.24, 2.45) is 5.41 Å². The molecule has 2 fully saturated rings. The number of hydrogen-bond donors (Lipinski definition) is 3. The molecule has 6 rings (SSSR count). The van der Waals surface area contributed by atoms with E-state index in [1.165, 1.54) is 6.21 Å². The van der Waals surface area contributed by atoms with E-state index in [0.717, 1.165) is 34.0 Å². The highest BCUT2D eigenvalue weighted by atomic mass is 16.2. The summed E-state index contributed by atoms with van der Waals surface area (Å²) < 4.78 is 0. The molecule has 2 bridgehead atoms. The number of aromatic nitrogens is 2. The maximum Gasteiger partial charge on any atom is 0.272 e. The van der Waals surface area contributed by atoms with E-state index in [-0.39, 0.29) is 17.9 Å². The van der Waals surface area contributed by atoms with E-state index >= 15 is 0 Å². The molecule has 2 aromatic heterocycles. The van der Waals surface area contributed by atoms with Crippen LogP contribution in [0.3, 0.4) is 0 Å². The van der Waals surface area contributed by atoms with Gasteiger partial charge in [0.1, 0.15) is 17.4 Å². The average Bonchev–Trinajstić information content (AvgIpc) is 3.78. The smallest absolute Gasteiger partial charge is 0.272 e. The molecule has 2 aliphatic heterocycles. The fourth-order valence-corrected chi connectivity index (χ4v) is 7.19. The first-order valence-electron chi connectivity index (χ1n) is 15.9. The molecule has 2 aliphatic rings. The van der Waals surface area contributed by atoms with Crippen LogP contribution in [0.2, 0.25) is 0 Å². The Balaban J connectivity index is 1.23. The number of piperazine rings is 1. The lowest BCUT2D eigenvalue weighted by atomic mass is 9.77. The summed E-state index contributed by atoms with van der Waals surface area (Å²) in [5.74, 6) is -0.864. The van der Waals surface area contributed by atoms with Crippen molar-refractivity contribution in [1.82, 2.24) is 25.1 Å². The van der Waals surface area contributed by atoms with Crippen LogP contribution in [0.25, 0.3) is 22.0 Å². The van der Waals surface area contributed by atoms with Gasteiger partial charge in [0, 0.05) is 42.0 Å². The number of rotatable bonds is 10. The predicted molar refractivity (Wildman–Crippen MR) is 180 cm³/mol. The fourth-order valence-electron chi connectivity index (χ4n) is 7.19. The number of benzene rings is 2. The molecule has 0 radical (unpaired) electrons. The number of para-hydroxylation sites is 1. The van der Waals surface area contributed by atoms with Crippen molar-refractivity contribution >= 4 is 34.8 Å². The number of carbonyl (C=O) groups is 3. The number of likely N-dealkylation sites (tertiary alicyclic amines) is 2. The van der Waals surface area contributed by atoms with Crippen LogP contribution < -0.4 is 5.32 Å². The molecule has 4 atom stereocenters. The van der Waals surface area contributed by atoms with Gasteiger partial charge < -0.3 is 25.5 Å². The molecule has 9 heteroatoms. The summed E-state index contributed by atoms with van der Waals surface area (Å²) in [5, 5.41) is 12.1. The van der Waals surface area contributed by atoms with Gasteiger partial charge in [-0.2, -0.15) is 0 Å². The lowest BCUT2D eigenvalue weighted by molar-refractivity contribution is -0.140. The van der Waals surface area contributed by atoms with Crippen molar-refractivity contribution in [1.29, 1.82) is 5.41 Å². The Morgan fingerprint density at radius 3 is 2.52 bits per heavy atom. The van der Waals surface area contributed by atoms with Gasteiger partial charge in [0.2, 0.25) is 5.91 Å². The molecule has 4 unspecified atom stereocenters. The van der Waals surface area contributed by atoms with Gasteiger partial charge in [0.15, 0.2) is 0 Å². The highest BCUT2D eigenvalue weighted by Crippen LogP contribution is 2.42. The Kier molecular flexibility index (Phi) is 8.10. The van der Waals surface area contributed by atoms with Crippen molar-refractivity contribution in [2.45, 2.75) is 57.7 Å². The van der Waals surface area contributed by atoms with E-state index in [0.29, 0.717) is 37.3 Å².